The van der Waals surface area contributed by atoms with Crippen LogP contribution in [0.2, 0.25) is 5.02 Å². The lowest BCUT2D eigenvalue weighted by Crippen LogP contribution is -2.41. The molecule has 206 valence electrons. The fourth-order valence-corrected chi connectivity index (χ4v) is 7.99. The Hall–Kier alpha value is -2.36. The van der Waals surface area contributed by atoms with Crippen molar-refractivity contribution in [2.45, 2.75) is 63.3 Å². The van der Waals surface area contributed by atoms with Crippen LogP contribution in [0.5, 0.6) is 5.75 Å². The van der Waals surface area contributed by atoms with E-state index in [1.165, 1.54) is 30.7 Å². The lowest BCUT2D eigenvalue weighted by molar-refractivity contribution is -0.122. The van der Waals surface area contributed by atoms with Crippen LogP contribution < -0.4 is 9.64 Å². The normalized spacial score (nSPS) is 24.0. The van der Waals surface area contributed by atoms with Gasteiger partial charge >= 0.3 is 0 Å². The van der Waals surface area contributed by atoms with Crippen molar-refractivity contribution < 1.29 is 9.53 Å². The summed E-state index contributed by atoms with van der Waals surface area (Å²) in [5, 5.41) is 5.28. The van der Waals surface area contributed by atoms with Gasteiger partial charge in [-0.05, 0) is 111 Å². The number of benzene rings is 2. The van der Waals surface area contributed by atoms with Crippen molar-refractivity contribution in [1.82, 2.24) is 9.78 Å². The Labute approximate surface area is 239 Å². The number of rotatable bonds is 8. The maximum atomic E-state index is 14.0. The van der Waals surface area contributed by atoms with Crippen LogP contribution in [0.25, 0.3) is 11.1 Å². The highest BCUT2D eigenvalue weighted by Crippen LogP contribution is 2.40. The fourth-order valence-electron chi connectivity index (χ4n) is 6.36. The molecule has 2 saturated carbocycles. The van der Waals surface area contributed by atoms with E-state index in [-0.39, 0.29) is 5.92 Å². The highest BCUT2D eigenvalue weighted by Gasteiger charge is 2.31. The average Bonchev–Trinajstić information content (AvgIpc) is 3.72. The lowest BCUT2D eigenvalue weighted by atomic mass is 9.78. The van der Waals surface area contributed by atoms with Gasteiger partial charge in [0.1, 0.15) is 5.75 Å². The predicted molar refractivity (Wildman–Crippen MR) is 162 cm³/mol. The molecule has 1 aromatic heterocycles. The molecule has 1 aliphatic heterocycles. The quantitative estimate of drug-likeness (QED) is 0.261. The van der Waals surface area contributed by atoms with Gasteiger partial charge in [0.05, 0.1) is 24.4 Å². The first-order valence-corrected chi connectivity index (χ1v) is 16.4. The topological polar surface area (TPSA) is 47.4 Å². The van der Waals surface area contributed by atoms with Gasteiger partial charge < -0.3 is 9.64 Å². The number of carbonyl (C=O) groups excluding carboxylic acids is 1. The SMILES string of the molecule is COc1ccc(C2CCC(CN(C(=O)C3CCPCC3)c3cccc(-c4cnn(C5CC5)c4)c3)CC2)cc1Cl. The van der Waals surface area contributed by atoms with Crippen LogP contribution in [0.1, 0.15) is 68.9 Å². The number of methoxy groups -OCH3 is 1. The van der Waals surface area contributed by atoms with Crippen molar-refractivity contribution >= 4 is 31.8 Å². The molecule has 0 unspecified atom stereocenters. The van der Waals surface area contributed by atoms with E-state index in [0.717, 1.165) is 76.2 Å². The number of anilines is 1. The third-order valence-corrected chi connectivity index (χ3v) is 10.5. The summed E-state index contributed by atoms with van der Waals surface area (Å²) in [6, 6.07) is 15.4. The molecule has 39 heavy (non-hydrogen) atoms. The molecule has 0 bridgehead atoms. The van der Waals surface area contributed by atoms with Gasteiger partial charge in [-0.1, -0.05) is 29.8 Å². The Morgan fingerprint density at radius 2 is 1.82 bits per heavy atom. The van der Waals surface area contributed by atoms with Crippen molar-refractivity contribution in [1.29, 1.82) is 0 Å². The summed E-state index contributed by atoms with van der Waals surface area (Å²) in [6.07, 6.45) is 15.5. The first-order valence-electron chi connectivity index (χ1n) is 14.6. The molecule has 6 rings (SSSR count). The number of amides is 1. The van der Waals surface area contributed by atoms with Crippen molar-refractivity contribution in [3.63, 3.8) is 0 Å². The highest BCUT2D eigenvalue weighted by atomic mass is 35.5. The first kappa shape index (κ1) is 26.8. The van der Waals surface area contributed by atoms with Crippen LogP contribution in [0.15, 0.2) is 54.9 Å². The number of halogens is 1. The number of carbonyl (C=O) groups is 1. The molecule has 7 heteroatoms. The zero-order valence-corrected chi connectivity index (χ0v) is 24.6. The molecule has 3 aliphatic rings. The summed E-state index contributed by atoms with van der Waals surface area (Å²) in [5.74, 6) is 2.23. The van der Waals surface area contributed by atoms with Crippen molar-refractivity contribution in [2.24, 2.45) is 11.8 Å². The molecular weight excluding hydrogens is 525 g/mol. The Morgan fingerprint density at radius 1 is 1.03 bits per heavy atom. The van der Waals surface area contributed by atoms with Crippen LogP contribution in [-0.4, -0.2) is 41.7 Å². The fraction of sp³-hybridized carbons (Fsp3) is 0.500. The summed E-state index contributed by atoms with van der Waals surface area (Å²) in [4.78, 5) is 16.1. The summed E-state index contributed by atoms with van der Waals surface area (Å²) < 4.78 is 7.44. The van der Waals surface area contributed by atoms with Gasteiger partial charge in [-0.3, -0.25) is 9.48 Å². The monoisotopic (exact) mass is 563 g/mol. The number of aromatic nitrogens is 2. The molecule has 0 radical (unpaired) electrons. The van der Waals surface area contributed by atoms with Gasteiger partial charge in [-0.15, -0.1) is 8.58 Å². The van der Waals surface area contributed by atoms with E-state index in [1.807, 2.05) is 12.3 Å². The standard InChI is InChI=1S/C32H39ClN3O2P/c1-38-31-12-9-26(18-30(31)33)23-7-5-22(6-8-23)20-35(32(37)24-13-15-39-16-14-24)29-4-2-3-25(17-29)27-19-34-36(21-27)28-10-11-28/h2-4,9,12,17-19,21-24,28,39H,5-8,10-11,13-16,20H2,1H3. The molecule has 0 atom stereocenters. The van der Waals surface area contributed by atoms with Gasteiger partial charge in [0, 0.05) is 29.9 Å². The molecule has 2 aromatic carbocycles. The van der Waals surface area contributed by atoms with Crippen LogP contribution >= 0.6 is 20.2 Å². The Balaban J connectivity index is 1.19. The Kier molecular flexibility index (Phi) is 8.27. The third kappa shape index (κ3) is 6.20. The van der Waals surface area contributed by atoms with E-state index in [4.69, 9.17) is 16.3 Å². The summed E-state index contributed by atoms with van der Waals surface area (Å²) >= 11 is 6.43. The minimum atomic E-state index is 0.158. The highest BCUT2D eigenvalue weighted by molar-refractivity contribution is 7.38. The molecule has 1 amide bonds. The van der Waals surface area contributed by atoms with Crippen molar-refractivity contribution in [3.8, 4) is 16.9 Å². The number of nitrogens with zero attached hydrogens (tertiary/aromatic N) is 3. The summed E-state index contributed by atoms with van der Waals surface area (Å²) in [6.45, 7) is 0.804. The van der Waals surface area contributed by atoms with Crippen LogP contribution in [0.3, 0.4) is 0 Å². The van der Waals surface area contributed by atoms with E-state index in [1.54, 1.807) is 7.11 Å². The largest absolute Gasteiger partial charge is 0.495 e. The molecule has 0 N–H and O–H groups in total. The third-order valence-electron chi connectivity index (χ3n) is 8.90. The Bertz CT molecular complexity index is 1290. The van der Waals surface area contributed by atoms with E-state index in [0.29, 0.717) is 28.8 Å². The molecule has 2 aliphatic carbocycles. The van der Waals surface area contributed by atoms with Gasteiger partial charge in [-0.2, -0.15) is 5.10 Å². The maximum Gasteiger partial charge on any atom is 0.230 e. The molecule has 3 fully saturated rings. The predicted octanol–water partition coefficient (Wildman–Crippen LogP) is 7.94. The number of hydrogen-bond acceptors (Lipinski definition) is 3. The Morgan fingerprint density at radius 3 is 2.54 bits per heavy atom. The van der Waals surface area contributed by atoms with E-state index in [9.17, 15) is 4.79 Å². The van der Waals surface area contributed by atoms with Gasteiger partial charge in [0.25, 0.3) is 0 Å². The zero-order chi connectivity index (χ0) is 26.8. The number of hydrogen-bond donors (Lipinski definition) is 0. The second-order valence-electron chi connectivity index (χ2n) is 11.6. The second-order valence-corrected chi connectivity index (χ2v) is 13.5. The van der Waals surface area contributed by atoms with Crippen molar-refractivity contribution in [2.75, 3.05) is 30.9 Å². The van der Waals surface area contributed by atoms with Crippen LogP contribution in [0.4, 0.5) is 5.69 Å². The molecule has 1 saturated heterocycles. The molecule has 0 spiro atoms. The number of ether oxygens (including phenoxy) is 1. The molecular formula is C32H39ClN3O2P. The summed E-state index contributed by atoms with van der Waals surface area (Å²) in [7, 11) is 2.67. The second kappa shape index (κ2) is 12.0. The van der Waals surface area contributed by atoms with Gasteiger partial charge in [0.2, 0.25) is 5.91 Å². The molecule has 5 nitrogen and oxygen atoms in total. The molecule has 2 heterocycles. The summed E-state index contributed by atoms with van der Waals surface area (Å²) in [5.41, 5.74) is 4.61. The minimum absolute atomic E-state index is 0.158. The van der Waals surface area contributed by atoms with Crippen LogP contribution in [-0.2, 0) is 4.79 Å². The van der Waals surface area contributed by atoms with E-state index < -0.39 is 0 Å². The van der Waals surface area contributed by atoms with E-state index in [2.05, 4.69) is 57.3 Å². The average molecular weight is 564 g/mol. The van der Waals surface area contributed by atoms with Crippen molar-refractivity contribution in [3.05, 3.63) is 65.4 Å². The first-order chi connectivity index (χ1) is 19.1. The van der Waals surface area contributed by atoms with Crippen LogP contribution in [0, 0.1) is 11.8 Å². The van der Waals surface area contributed by atoms with Gasteiger partial charge in [-0.25, -0.2) is 0 Å². The molecule has 3 aromatic rings. The van der Waals surface area contributed by atoms with E-state index >= 15 is 0 Å². The van der Waals surface area contributed by atoms with Gasteiger partial charge in [0.15, 0.2) is 0 Å². The smallest absolute Gasteiger partial charge is 0.230 e. The maximum absolute atomic E-state index is 14.0. The lowest BCUT2D eigenvalue weighted by Gasteiger charge is -2.35. The minimum Gasteiger partial charge on any atom is -0.495 e. The zero-order valence-electron chi connectivity index (χ0n) is 22.8.